The van der Waals surface area contributed by atoms with Crippen LogP contribution in [0.25, 0.3) is 10.2 Å². The van der Waals surface area contributed by atoms with E-state index in [9.17, 15) is 4.79 Å². The van der Waals surface area contributed by atoms with Crippen molar-refractivity contribution in [1.29, 1.82) is 0 Å². The number of aryl methyl sites for hydroxylation is 2. The molecule has 112 valence electrons. The number of thiophene rings is 1. The van der Waals surface area contributed by atoms with Crippen LogP contribution < -0.4 is 5.32 Å². The molecule has 1 saturated carbocycles. The number of hydrogen-bond acceptors (Lipinski definition) is 3. The predicted molar refractivity (Wildman–Crippen MR) is 88.8 cm³/mol. The molecular weight excluding hydrogens is 327 g/mol. The lowest BCUT2D eigenvalue weighted by Crippen LogP contribution is -2.33. The topological polar surface area (TPSA) is 42.0 Å². The third-order valence-electron chi connectivity index (χ3n) is 4.02. The summed E-state index contributed by atoms with van der Waals surface area (Å²) in [4.78, 5) is 18.2. The Bertz CT molecular complexity index is 737. The van der Waals surface area contributed by atoms with Crippen molar-refractivity contribution in [3.8, 4) is 0 Å². The van der Waals surface area contributed by atoms with E-state index < -0.39 is 0 Å². The predicted octanol–water partition coefficient (Wildman–Crippen LogP) is 4.75. The number of carbonyl (C=O) groups is 1. The summed E-state index contributed by atoms with van der Waals surface area (Å²) in [5.74, 6) is 0.495. The number of carbonyl (C=O) groups excluding carboxylic acids is 1. The van der Waals surface area contributed by atoms with Crippen LogP contribution in [0.15, 0.2) is 0 Å². The SMILES string of the molecule is Cc1nc2sc(C(=O)NC(C)C3CC3)c(Cl)c2c(C)c1Cl. The van der Waals surface area contributed by atoms with Crippen molar-refractivity contribution in [2.45, 2.75) is 39.7 Å². The fraction of sp³-hybridized carbons (Fsp3) is 0.467. The first kappa shape index (κ1) is 15.1. The molecule has 2 aromatic rings. The lowest BCUT2D eigenvalue weighted by atomic mass is 10.1. The number of nitrogens with zero attached hydrogens (tertiary/aromatic N) is 1. The van der Waals surface area contributed by atoms with Gasteiger partial charge in [0.1, 0.15) is 9.71 Å². The molecule has 1 aliphatic rings. The van der Waals surface area contributed by atoms with Gasteiger partial charge in [-0.15, -0.1) is 11.3 Å². The smallest absolute Gasteiger partial charge is 0.263 e. The maximum Gasteiger partial charge on any atom is 0.263 e. The van der Waals surface area contributed by atoms with Gasteiger partial charge < -0.3 is 5.32 Å². The number of halogens is 2. The van der Waals surface area contributed by atoms with Gasteiger partial charge in [0.25, 0.3) is 5.91 Å². The highest BCUT2D eigenvalue weighted by Gasteiger charge is 2.30. The molecule has 3 rings (SSSR count). The molecule has 0 aliphatic heterocycles. The molecule has 3 nitrogen and oxygen atoms in total. The minimum atomic E-state index is -0.115. The monoisotopic (exact) mass is 342 g/mol. The highest BCUT2D eigenvalue weighted by atomic mass is 35.5. The van der Waals surface area contributed by atoms with Gasteiger partial charge in [-0.3, -0.25) is 4.79 Å². The van der Waals surface area contributed by atoms with Crippen LogP contribution in [0.3, 0.4) is 0 Å². The van der Waals surface area contributed by atoms with Crippen molar-refractivity contribution < 1.29 is 4.79 Å². The molecule has 1 unspecified atom stereocenters. The summed E-state index contributed by atoms with van der Waals surface area (Å²) in [7, 11) is 0. The van der Waals surface area contributed by atoms with Crippen LogP contribution in [0.5, 0.6) is 0 Å². The first-order valence-electron chi connectivity index (χ1n) is 6.95. The van der Waals surface area contributed by atoms with Gasteiger partial charge >= 0.3 is 0 Å². The maximum atomic E-state index is 12.4. The molecular formula is C15H16Cl2N2OS. The minimum Gasteiger partial charge on any atom is -0.349 e. The summed E-state index contributed by atoms with van der Waals surface area (Å²) in [5, 5.41) is 4.90. The van der Waals surface area contributed by atoms with Crippen LogP contribution in [-0.4, -0.2) is 16.9 Å². The third-order valence-corrected chi connectivity index (χ3v) is 6.15. The van der Waals surface area contributed by atoms with Gasteiger partial charge in [0.2, 0.25) is 0 Å². The van der Waals surface area contributed by atoms with Gasteiger partial charge in [-0.25, -0.2) is 4.98 Å². The number of fused-ring (bicyclic) bond motifs is 1. The highest BCUT2D eigenvalue weighted by Crippen LogP contribution is 2.39. The molecule has 21 heavy (non-hydrogen) atoms. The van der Waals surface area contributed by atoms with Crippen molar-refractivity contribution in [2.75, 3.05) is 0 Å². The van der Waals surface area contributed by atoms with E-state index in [0.29, 0.717) is 20.8 Å². The van der Waals surface area contributed by atoms with Gasteiger partial charge in [0.05, 0.1) is 15.7 Å². The van der Waals surface area contributed by atoms with E-state index >= 15 is 0 Å². The fourth-order valence-electron chi connectivity index (χ4n) is 2.52. The normalized spacial score (nSPS) is 16.2. The average molecular weight is 343 g/mol. The second-order valence-corrected chi connectivity index (χ2v) is 7.42. The van der Waals surface area contributed by atoms with Crippen molar-refractivity contribution in [2.24, 2.45) is 5.92 Å². The molecule has 0 saturated heterocycles. The molecule has 1 amide bonds. The Morgan fingerprint density at radius 2 is 2.00 bits per heavy atom. The lowest BCUT2D eigenvalue weighted by molar-refractivity contribution is 0.0940. The molecule has 0 spiro atoms. The Kier molecular flexibility index (Phi) is 3.89. The lowest BCUT2D eigenvalue weighted by Gasteiger charge is -2.11. The van der Waals surface area contributed by atoms with Crippen molar-refractivity contribution in [1.82, 2.24) is 10.3 Å². The Morgan fingerprint density at radius 1 is 1.33 bits per heavy atom. The molecule has 6 heteroatoms. The second kappa shape index (κ2) is 5.41. The van der Waals surface area contributed by atoms with E-state index in [1.54, 1.807) is 0 Å². The van der Waals surface area contributed by atoms with Crippen LogP contribution in [0.1, 0.15) is 40.7 Å². The standard InChI is InChI=1S/C15H16Cl2N2OS/c1-6-10-12(17)13(14(20)18-7(2)9-4-5-9)21-15(10)19-8(3)11(6)16/h7,9H,4-5H2,1-3H3,(H,18,20). The van der Waals surface area contributed by atoms with E-state index in [-0.39, 0.29) is 11.9 Å². The maximum absolute atomic E-state index is 12.4. The molecule has 1 atom stereocenters. The first-order valence-corrected chi connectivity index (χ1v) is 8.53. The van der Waals surface area contributed by atoms with Crippen LogP contribution in [0.4, 0.5) is 0 Å². The molecule has 0 aromatic carbocycles. The summed E-state index contributed by atoms with van der Waals surface area (Å²) >= 11 is 14.0. The third kappa shape index (κ3) is 2.65. The van der Waals surface area contributed by atoms with E-state index in [1.807, 2.05) is 20.8 Å². The first-order chi connectivity index (χ1) is 9.90. The van der Waals surface area contributed by atoms with Crippen molar-refractivity contribution in [3.63, 3.8) is 0 Å². The zero-order valence-corrected chi connectivity index (χ0v) is 14.4. The largest absolute Gasteiger partial charge is 0.349 e. The molecule has 2 heterocycles. The highest BCUT2D eigenvalue weighted by molar-refractivity contribution is 7.21. The Labute approximate surface area is 137 Å². The summed E-state index contributed by atoms with van der Waals surface area (Å²) in [6.07, 6.45) is 2.38. The number of hydrogen-bond donors (Lipinski definition) is 1. The van der Waals surface area contributed by atoms with E-state index in [0.717, 1.165) is 21.5 Å². The number of nitrogens with one attached hydrogen (secondary N) is 1. The zero-order valence-electron chi connectivity index (χ0n) is 12.1. The fourth-order valence-corrected chi connectivity index (χ4v) is 4.22. The molecule has 2 aromatic heterocycles. The summed E-state index contributed by atoms with van der Waals surface area (Å²) < 4.78 is 0. The second-order valence-electron chi connectivity index (χ2n) is 5.66. The Balaban J connectivity index is 2.01. The van der Waals surface area contributed by atoms with Crippen LogP contribution in [0, 0.1) is 19.8 Å². The molecule has 0 radical (unpaired) electrons. The van der Waals surface area contributed by atoms with E-state index in [4.69, 9.17) is 23.2 Å². The quantitative estimate of drug-likeness (QED) is 0.874. The molecule has 0 bridgehead atoms. The van der Waals surface area contributed by atoms with Crippen molar-refractivity contribution >= 4 is 50.7 Å². The van der Waals surface area contributed by atoms with E-state index in [2.05, 4.69) is 10.3 Å². The minimum absolute atomic E-state index is 0.115. The van der Waals surface area contributed by atoms with Gasteiger partial charge in [0.15, 0.2) is 0 Å². The van der Waals surface area contributed by atoms with Crippen LogP contribution in [0.2, 0.25) is 10.0 Å². The summed E-state index contributed by atoms with van der Waals surface area (Å²) in [5.41, 5.74) is 1.65. The molecule has 1 aliphatic carbocycles. The Hall–Kier alpha value is -0.840. The molecule has 1 N–H and O–H groups in total. The van der Waals surface area contributed by atoms with Gasteiger partial charge in [-0.2, -0.15) is 0 Å². The van der Waals surface area contributed by atoms with Gasteiger partial charge in [0, 0.05) is 11.4 Å². The van der Waals surface area contributed by atoms with E-state index in [1.165, 1.54) is 24.2 Å². The molecule has 1 fully saturated rings. The summed E-state index contributed by atoms with van der Waals surface area (Å²) in [6, 6.07) is 0.193. The van der Waals surface area contributed by atoms with Gasteiger partial charge in [-0.05, 0) is 45.1 Å². The number of rotatable bonds is 3. The van der Waals surface area contributed by atoms with Crippen LogP contribution in [-0.2, 0) is 0 Å². The number of pyridine rings is 1. The zero-order chi connectivity index (χ0) is 15.3. The van der Waals surface area contributed by atoms with Crippen molar-refractivity contribution in [3.05, 3.63) is 26.2 Å². The average Bonchev–Trinajstić information content (AvgIpc) is 3.21. The Morgan fingerprint density at radius 3 is 2.62 bits per heavy atom. The summed E-state index contributed by atoms with van der Waals surface area (Å²) in [6.45, 7) is 5.81. The number of amides is 1. The number of aromatic nitrogens is 1. The van der Waals surface area contributed by atoms with Gasteiger partial charge in [-0.1, -0.05) is 23.2 Å². The van der Waals surface area contributed by atoms with Crippen LogP contribution >= 0.6 is 34.5 Å².